The molecule has 0 amide bonds. The Bertz CT molecular complexity index is 542. The summed E-state index contributed by atoms with van der Waals surface area (Å²) in [5.41, 5.74) is 1.65. The second-order valence-electron chi connectivity index (χ2n) is 4.95. The molecule has 0 saturated carbocycles. The normalized spacial score (nSPS) is 12.3. The van der Waals surface area contributed by atoms with E-state index in [-0.39, 0.29) is 18.3 Å². The maximum absolute atomic E-state index is 13.7. The third-order valence-electron chi connectivity index (χ3n) is 3.50. The van der Waals surface area contributed by atoms with Crippen molar-refractivity contribution < 1.29 is 9.50 Å². The Morgan fingerprint density at radius 2 is 1.86 bits per heavy atom. The molecule has 0 radical (unpaired) electrons. The van der Waals surface area contributed by atoms with Gasteiger partial charge >= 0.3 is 0 Å². The Morgan fingerprint density at radius 3 is 2.52 bits per heavy atom. The third-order valence-corrected chi connectivity index (χ3v) is 3.86. The summed E-state index contributed by atoms with van der Waals surface area (Å²) in [5, 5.41) is 12.9. The lowest BCUT2D eigenvalue weighted by Gasteiger charge is -2.17. The lowest BCUT2D eigenvalue weighted by Crippen LogP contribution is -2.22. The van der Waals surface area contributed by atoms with Gasteiger partial charge in [-0.3, -0.25) is 0 Å². The minimum atomic E-state index is -0.298. The van der Waals surface area contributed by atoms with Gasteiger partial charge < -0.3 is 10.4 Å². The molecule has 0 saturated heterocycles. The van der Waals surface area contributed by atoms with Gasteiger partial charge in [0.15, 0.2) is 0 Å². The molecule has 2 N–H and O–H groups in total. The summed E-state index contributed by atoms with van der Waals surface area (Å²) in [6.07, 6.45) is 0.669. The average Bonchev–Trinajstić information content (AvgIpc) is 2.50. The fourth-order valence-corrected chi connectivity index (χ4v) is 2.57. The number of hydrogen-bond donors (Lipinski definition) is 2. The van der Waals surface area contributed by atoms with Crippen molar-refractivity contribution in [2.45, 2.75) is 18.9 Å². The van der Waals surface area contributed by atoms with Gasteiger partial charge in [0.2, 0.25) is 0 Å². The van der Waals surface area contributed by atoms with Crippen LogP contribution in [0.1, 0.15) is 23.5 Å². The van der Waals surface area contributed by atoms with Crippen LogP contribution in [0.5, 0.6) is 0 Å². The molecule has 4 heteroatoms. The summed E-state index contributed by atoms with van der Waals surface area (Å²) in [7, 11) is 0. The van der Waals surface area contributed by atoms with Gasteiger partial charge in [0.05, 0.1) is 0 Å². The fourth-order valence-electron chi connectivity index (χ4n) is 2.34. The van der Waals surface area contributed by atoms with Gasteiger partial charge in [-0.05, 0) is 30.0 Å². The lowest BCUT2D eigenvalue weighted by molar-refractivity contribution is 0.273. The van der Waals surface area contributed by atoms with E-state index in [2.05, 4.69) is 5.32 Å². The third kappa shape index (κ3) is 4.53. The molecule has 2 nitrogen and oxygen atoms in total. The highest BCUT2D eigenvalue weighted by Gasteiger charge is 2.12. The van der Waals surface area contributed by atoms with Crippen LogP contribution in [0.3, 0.4) is 0 Å². The molecule has 0 aliphatic heterocycles. The van der Waals surface area contributed by atoms with Crippen LogP contribution >= 0.6 is 11.6 Å². The first-order valence-electron chi connectivity index (χ1n) is 7.01. The summed E-state index contributed by atoms with van der Waals surface area (Å²) in [6.45, 7) is 1.16. The first-order chi connectivity index (χ1) is 10.2. The van der Waals surface area contributed by atoms with Crippen molar-refractivity contribution in [3.63, 3.8) is 0 Å². The van der Waals surface area contributed by atoms with Crippen LogP contribution in [0.2, 0.25) is 5.02 Å². The molecule has 0 aromatic heterocycles. The molecule has 1 atom stereocenters. The summed E-state index contributed by atoms with van der Waals surface area (Å²) in [5.74, 6) is -0.102. The van der Waals surface area contributed by atoms with Crippen molar-refractivity contribution in [1.29, 1.82) is 0 Å². The van der Waals surface area contributed by atoms with Crippen LogP contribution in [0, 0.1) is 5.82 Å². The fraction of sp³-hybridized carbons (Fsp3) is 0.294. The van der Waals surface area contributed by atoms with Crippen molar-refractivity contribution in [3.8, 4) is 0 Å². The Morgan fingerprint density at radius 1 is 1.10 bits per heavy atom. The van der Waals surface area contributed by atoms with Gasteiger partial charge in [-0.1, -0.05) is 48.0 Å². The summed E-state index contributed by atoms with van der Waals surface area (Å²) in [6, 6.07) is 14.7. The number of aliphatic hydroxyl groups excluding tert-OH is 1. The van der Waals surface area contributed by atoms with Gasteiger partial charge in [0.1, 0.15) is 5.82 Å². The van der Waals surface area contributed by atoms with Crippen LogP contribution < -0.4 is 5.32 Å². The van der Waals surface area contributed by atoms with E-state index in [1.54, 1.807) is 12.1 Å². The zero-order chi connectivity index (χ0) is 15.1. The van der Waals surface area contributed by atoms with E-state index in [1.165, 1.54) is 11.6 Å². The van der Waals surface area contributed by atoms with Gasteiger partial charge in [-0.25, -0.2) is 4.39 Å². The number of benzene rings is 2. The average molecular weight is 308 g/mol. The Balaban J connectivity index is 1.97. The zero-order valence-corrected chi connectivity index (χ0v) is 12.5. The summed E-state index contributed by atoms with van der Waals surface area (Å²) in [4.78, 5) is 0. The van der Waals surface area contributed by atoms with Gasteiger partial charge in [0.25, 0.3) is 0 Å². The molecule has 112 valence electrons. The van der Waals surface area contributed by atoms with E-state index in [0.29, 0.717) is 30.1 Å². The van der Waals surface area contributed by atoms with Crippen molar-refractivity contribution in [3.05, 3.63) is 70.5 Å². The smallest absolute Gasteiger partial charge is 0.129 e. The molecule has 2 aromatic rings. The molecule has 0 aliphatic rings. The van der Waals surface area contributed by atoms with Gasteiger partial charge in [-0.15, -0.1) is 0 Å². The topological polar surface area (TPSA) is 32.3 Å². The Hall–Kier alpha value is -1.42. The van der Waals surface area contributed by atoms with E-state index in [4.69, 9.17) is 11.6 Å². The standard InChI is InChI=1S/C17H19ClFNO/c18-16-7-4-8-17(19)15(16)12-20-11-14(9-10-21)13-5-2-1-3-6-13/h1-8,14,20-21H,9-12H2. The lowest BCUT2D eigenvalue weighted by atomic mass is 9.96. The largest absolute Gasteiger partial charge is 0.396 e. The molecule has 2 rings (SSSR count). The Labute approximate surface area is 129 Å². The molecule has 0 heterocycles. The highest BCUT2D eigenvalue weighted by molar-refractivity contribution is 6.31. The highest BCUT2D eigenvalue weighted by atomic mass is 35.5. The van der Waals surface area contributed by atoms with E-state index in [9.17, 15) is 9.50 Å². The molecule has 0 aliphatic carbocycles. The number of nitrogens with one attached hydrogen (secondary N) is 1. The van der Waals surface area contributed by atoms with Crippen molar-refractivity contribution in [1.82, 2.24) is 5.32 Å². The molecule has 21 heavy (non-hydrogen) atoms. The van der Waals surface area contributed by atoms with Crippen LogP contribution in [-0.2, 0) is 6.54 Å². The molecular weight excluding hydrogens is 289 g/mol. The first kappa shape index (κ1) is 16.0. The van der Waals surface area contributed by atoms with E-state index in [1.807, 2.05) is 30.3 Å². The minimum Gasteiger partial charge on any atom is -0.396 e. The van der Waals surface area contributed by atoms with E-state index >= 15 is 0 Å². The summed E-state index contributed by atoms with van der Waals surface area (Å²) < 4.78 is 13.7. The predicted octanol–water partition coefficient (Wildman–Crippen LogP) is 3.73. The minimum absolute atomic E-state index is 0.127. The molecule has 1 unspecified atom stereocenters. The van der Waals surface area contributed by atoms with Gasteiger partial charge in [-0.2, -0.15) is 0 Å². The second-order valence-corrected chi connectivity index (χ2v) is 5.36. The van der Waals surface area contributed by atoms with E-state index in [0.717, 1.165) is 0 Å². The SMILES string of the molecule is OCCC(CNCc1c(F)cccc1Cl)c1ccccc1. The summed E-state index contributed by atoms with van der Waals surface area (Å²) >= 11 is 6.00. The maximum atomic E-state index is 13.7. The van der Waals surface area contributed by atoms with Crippen LogP contribution in [0.4, 0.5) is 4.39 Å². The molecule has 2 aromatic carbocycles. The predicted molar refractivity (Wildman–Crippen MR) is 84.0 cm³/mol. The zero-order valence-electron chi connectivity index (χ0n) is 11.7. The molecular formula is C17H19ClFNO. The highest BCUT2D eigenvalue weighted by Crippen LogP contribution is 2.21. The van der Waals surface area contributed by atoms with Crippen molar-refractivity contribution in [2.24, 2.45) is 0 Å². The van der Waals surface area contributed by atoms with Crippen LogP contribution in [-0.4, -0.2) is 18.3 Å². The van der Waals surface area contributed by atoms with Crippen LogP contribution in [0.15, 0.2) is 48.5 Å². The quantitative estimate of drug-likeness (QED) is 0.817. The number of rotatable bonds is 7. The molecule has 0 fully saturated rings. The van der Waals surface area contributed by atoms with Crippen LogP contribution in [0.25, 0.3) is 0 Å². The van der Waals surface area contributed by atoms with Crippen molar-refractivity contribution >= 4 is 11.6 Å². The van der Waals surface area contributed by atoms with E-state index < -0.39 is 0 Å². The first-order valence-corrected chi connectivity index (χ1v) is 7.39. The van der Waals surface area contributed by atoms with Gasteiger partial charge in [0, 0.05) is 30.3 Å². The number of aliphatic hydroxyl groups is 1. The molecule has 0 bridgehead atoms. The Kier molecular flexibility index (Phi) is 6.18. The maximum Gasteiger partial charge on any atom is 0.129 e. The number of halogens is 2. The monoisotopic (exact) mass is 307 g/mol. The number of hydrogen-bond acceptors (Lipinski definition) is 2. The molecule has 0 spiro atoms. The second kappa shape index (κ2) is 8.13. The van der Waals surface area contributed by atoms with Crippen molar-refractivity contribution in [2.75, 3.05) is 13.2 Å².